The number of carbonyl (C=O) groups excluding carboxylic acids is 4. The van der Waals surface area contributed by atoms with Gasteiger partial charge in [-0.1, -0.05) is 52.0 Å². The molecule has 9 aromatic rings. The molecule has 28 nitrogen and oxygen atoms in total. The van der Waals surface area contributed by atoms with Gasteiger partial charge in [-0.05, 0) is 146 Å². The van der Waals surface area contributed by atoms with Crippen molar-refractivity contribution in [1.29, 1.82) is 0 Å². The number of carboxylic acids is 2. The van der Waals surface area contributed by atoms with Crippen LogP contribution in [0.3, 0.4) is 0 Å². The van der Waals surface area contributed by atoms with Crippen molar-refractivity contribution in [3.8, 4) is 46.0 Å². The van der Waals surface area contributed by atoms with Crippen LogP contribution in [0, 0.1) is 11.8 Å². The molecule has 0 bridgehead atoms. The highest BCUT2D eigenvalue weighted by molar-refractivity contribution is 6.45. The molecular weight excluding hydrogens is 1450 g/mol. The molecule has 2 heterocycles. The van der Waals surface area contributed by atoms with Crippen LogP contribution in [0.25, 0.3) is 43.1 Å². The summed E-state index contributed by atoms with van der Waals surface area (Å²) in [4.78, 5) is 92.6. The van der Waals surface area contributed by atoms with Gasteiger partial charge in [0.2, 0.25) is 0 Å². The average molecular weight is 1550 g/mol. The molecule has 0 fully saturated rings. The van der Waals surface area contributed by atoms with Gasteiger partial charge in [0.1, 0.15) is 58.1 Å². The highest BCUT2D eigenvalue weighted by Gasteiger charge is 2.48. The fourth-order valence-corrected chi connectivity index (χ4v) is 15.0. The maximum absolute atomic E-state index is 16.0. The second-order valence-electron chi connectivity index (χ2n) is 27.7. The third-order valence-corrected chi connectivity index (χ3v) is 20.9. The molecule has 2 atom stereocenters. The van der Waals surface area contributed by atoms with Gasteiger partial charge in [-0.2, -0.15) is 0 Å². The number of hydrogen-bond acceptors (Lipinski definition) is 24. The number of carbonyl (C=O) groups is 6. The van der Waals surface area contributed by atoms with Gasteiger partial charge >= 0.3 is 11.9 Å². The summed E-state index contributed by atoms with van der Waals surface area (Å²) in [6, 6.07) is 30.5. The predicted molar refractivity (Wildman–Crippen MR) is 414 cm³/mol. The molecule has 596 valence electrons. The van der Waals surface area contributed by atoms with Crippen molar-refractivity contribution in [3.05, 3.63) is 155 Å². The monoisotopic (exact) mass is 1540 g/mol. The van der Waals surface area contributed by atoms with Crippen LogP contribution < -0.4 is 29.6 Å². The van der Waals surface area contributed by atoms with Crippen molar-refractivity contribution in [2.45, 2.75) is 115 Å². The first-order chi connectivity index (χ1) is 53.8. The molecule has 2 aliphatic rings. The molecule has 9 aromatic carbocycles. The second-order valence-corrected chi connectivity index (χ2v) is 27.7. The first kappa shape index (κ1) is 82.8. The lowest BCUT2D eigenvalue weighted by Gasteiger charge is -2.36. The number of rotatable bonds is 42. The Balaban J connectivity index is 1.25. The molecule has 0 spiro atoms. The van der Waals surface area contributed by atoms with Gasteiger partial charge in [0.15, 0.2) is 0 Å². The molecule has 4 amide bonds. The number of imide groups is 2. The number of hydrogen-bond donors (Lipinski definition) is 4. The lowest BCUT2D eigenvalue weighted by Crippen LogP contribution is -2.53. The third-order valence-electron chi connectivity index (χ3n) is 20.9. The second kappa shape index (κ2) is 34.8. The maximum Gasteiger partial charge on any atom is 0.327 e. The minimum atomic E-state index is -1.70. The zero-order chi connectivity index (χ0) is 80.7. The Kier molecular flexibility index (Phi) is 25.7. The Hall–Kier alpha value is -10.2. The van der Waals surface area contributed by atoms with Crippen LogP contribution in [0.1, 0.15) is 119 Å². The number of benzene rings is 9. The summed E-state index contributed by atoms with van der Waals surface area (Å²) in [7, 11) is 17.8. The summed E-state index contributed by atoms with van der Waals surface area (Å²) >= 11 is 0. The van der Waals surface area contributed by atoms with Crippen molar-refractivity contribution in [2.75, 3.05) is 109 Å². The fourth-order valence-electron chi connectivity index (χ4n) is 15.0. The largest absolute Gasteiger partial charge is 0.480 e. The van der Waals surface area contributed by atoms with E-state index in [0.29, 0.717) is 63.0 Å². The zero-order valence-corrected chi connectivity index (χ0v) is 65.7. The van der Waals surface area contributed by atoms with Gasteiger partial charge in [-0.3, -0.25) is 29.0 Å². The van der Waals surface area contributed by atoms with Crippen LogP contribution in [0.4, 0.5) is 11.4 Å². The summed E-state index contributed by atoms with van der Waals surface area (Å²) in [6.45, 7) is 7.01. The lowest BCUT2D eigenvalue weighted by atomic mass is 9.80. The summed E-state index contributed by atoms with van der Waals surface area (Å²) < 4.78 is 95.6. The average Bonchev–Trinajstić information content (AvgIpc) is 0.670. The molecular formula is C84H96N4O24. The Morgan fingerprint density at radius 1 is 0.339 bits per heavy atom. The number of carboxylic acid groups (broad SMARTS) is 2. The van der Waals surface area contributed by atoms with Crippen molar-refractivity contribution < 1.29 is 115 Å². The molecule has 2 aliphatic heterocycles. The van der Waals surface area contributed by atoms with Crippen molar-refractivity contribution in [1.82, 2.24) is 9.80 Å². The van der Waals surface area contributed by atoms with E-state index in [2.05, 4.69) is 10.6 Å². The smallest absolute Gasteiger partial charge is 0.327 e. The first-order valence-corrected chi connectivity index (χ1v) is 36.5. The third kappa shape index (κ3) is 16.1. The first-order valence-electron chi connectivity index (χ1n) is 36.5. The van der Waals surface area contributed by atoms with Crippen LogP contribution in [-0.4, -0.2) is 190 Å². The van der Waals surface area contributed by atoms with Gasteiger partial charge in [-0.15, -0.1) is 0 Å². The van der Waals surface area contributed by atoms with E-state index in [-0.39, 0.29) is 124 Å². The van der Waals surface area contributed by atoms with E-state index in [9.17, 15) is 19.8 Å². The van der Waals surface area contributed by atoms with Crippen molar-refractivity contribution in [2.24, 2.45) is 11.8 Å². The van der Waals surface area contributed by atoms with Gasteiger partial charge in [0, 0.05) is 179 Å². The molecule has 0 saturated carbocycles. The topological polar surface area (TPSA) is 321 Å². The van der Waals surface area contributed by atoms with E-state index in [0.717, 1.165) is 20.9 Å². The minimum Gasteiger partial charge on any atom is -0.480 e. The van der Waals surface area contributed by atoms with Crippen LogP contribution >= 0.6 is 0 Å². The molecule has 0 aliphatic carbocycles. The van der Waals surface area contributed by atoms with Gasteiger partial charge < -0.3 is 96.6 Å². The van der Waals surface area contributed by atoms with Gasteiger partial charge in [0.25, 0.3) is 47.5 Å². The molecule has 0 aromatic heterocycles. The number of methoxy groups -OCH3 is 12. The number of aryl methyl sites for hydroxylation is 2. The molecule has 0 saturated heterocycles. The van der Waals surface area contributed by atoms with E-state index in [1.165, 1.54) is 110 Å². The van der Waals surface area contributed by atoms with Crippen LogP contribution in [0.2, 0.25) is 0 Å². The van der Waals surface area contributed by atoms with Gasteiger partial charge in [0.05, 0.1) is 22.3 Å². The summed E-state index contributed by atoms with van der Waals surface area (Å²) in [6.07, 6.45) is 3.49. The minimum absolute atomic E-state index is 0.0459. The molecule has 28 heteroatoms. The highest BCUT2D eigenvalue weighted by Crippen LogP contribution is 2.58. The fraction of sp³-hybridized carbons (Fsp3) is 0.405. The van der Waals surface area contributed by atoms with E-state index in [1.54, 1.807) is 100 Å². The Bertz CT molecular complexity index is 4290. The SMILES string of the molecule is COC(CCCc1ccc(Oc2cc3c4c(cc(Oc5ccc(CCCC(OC)(OC)OC)cc5)c5c6c(Oc7ccc(NCCC(OC)(OC)OC)cc7)cc7c8c(cc(Oc9ccc(NCCC(OC)(OC)OC)cc9)c(c2c45)c86)C(=O)N(C(C(=O)O)C(C)C)C7=O)C(=O)N(C(C(=O)O)C(C)C)C3=O)cc1)(OC)OC. The summed E-state index contributed by atoms with van der Waals surface area (Å²) in [5, 5.41) is 29.8. The molecule has 11 rings (SSSR count). The van der Waals surface area contributed by atoms with Crippen LogP contribution in [-0.2, 0) is 79.3 Å². The number of anilines is 2. The normalized spacial score (nSPS) is 14.1. The van der Waals surface area contributed by atoms with Crippen LogP contribution in [0.5, 0.6) is 46.0 Å². The van der Waals surface area contributed by atoms with E-state index in [1.807, 2.05) is 24.3 Å². The molecule has 112 heavy (non-hydrogen) atoms. The zero-order valence-electron chi connectivity index (χ0n) is 65.7. The number of aliphatic carboxylic acids is 2. The predicted octanol–water partition coefficient (Wildman–Crippen LogP) is 14.9. The number of nitrogens with one attached hydrogen (secondary N) is 2. The Morgan fingerprint density at radius 3 is 0.795 bits per heavy atom. The number of fused-ring (bicyclic) bond motifs is 2. The van der Waals surface area contributed by atoms with Crippen molar-refractivity contribution >= 4 is 90.0 Å². The van der Waals surface area contributed by atoms with Crippen LogP contribution in [0.15, 0.2) is 121 Å². The van der Waals surface area contributed by atoms with E-state index >= 15 is 19.2 Å². The molecule has 0 radical (unpaired) electrons. The standard InChI is InChI=1S/C84H96N4O24/c1-47(2)73(79(93)94)87-75(89)57-43-61(109-53-29-21-49(22-30-53)19-17-37-81(97-5,98-6)99-7)67-69-63(111-55-33-25-51(26-34-55)85-41-39-83(103-11,104-12)105-13)45-59-66-60(78(92)88(77(59)91)74(48(3)4)80(95)96)46-64(112-56-35-27-52(28-36-56)86-42-40-84(106-14,107-15)108-16)70(72(66)69)68-62(44-58(76(87)90)65(57)71(67)68)110-54-31-23-50(24-32-54)20-18-38-82(100-8,101-9)102-10/h21-36,43-48,73-74,85-86H,17-20,37-42H2,1-16H3,(H,93,94)(H,95,96). The summed E-state index contributed by atoms with van der Waals surface area (Å²) in [5.41, 5.74) is 2.47. The quantitative estimate of drug-likeness (QED) is 0.0119. The van der Waals surface area contributed by atoms with E-state index in [4.69, 9.17) is 75.8 Å². The number of ether oxygens (including phenoxy) is 16. The Labute approximate surface area is 648 Å². The van der Waals surface area contributed by atoms with Crippen molar-refractivity contribution in [3.63, 3.8) is 0 Å². The van der Waals surface area contributed by atoms with E-state index < -0.39 is 83.4 Å². The molecule has 2 unspecified atom stereocenters. The Morgan fingerprint density at radius 2 is 0.571 bits per heavy atom. The molecule has 4 N–H and O–H groups in total. The number of amides is 4. The summed E-state index contributed by atoms with van der Waals surface area (Å²) in [5.74, 6) is -13.0. The lowest BCUT2D eigenvalue weighted by molar-refractivity contribution is -0.355. The highest BCUT2D eigenvalue weighted by atomic mass is 16.9. The van der Waals surface area contributed by atoms with Gasteiger partial charge in [-0.25, -0.2) is 9.59 Å². The number of nitrogens with zero attached hydrogens (tertiary/aromatic N) is 2. The maximum atomic E-state index is 16.0.